The second-order valence-electron chi connectivity index (χ2n) is 5.50. The molecule has 1 aromatic carbocycles. The summed E-state index contributed by atoms with van der Waals surface area (Å²) in [5, 5.41) is 0. The van der Waals surface area contributed by atoms with Gasteiger partial charge in [0.25, 0.3) is 0 Å². The molecule has 0 radical (unpaired) electrons. The van der Waals surface area contributed by atoms with Crippen LogP contribution >= 0.6 is 47.8 Å². The van der Waals surface area contributed by atoms with Crippen LogP contribution in [0.4, 0.5) is 4.79 Å². The number of halogens is 3. The van der Waals surface area contributed by atoms with Crippen molar-refractivity contribution in [3.8, 4) is 11.3 Å². The summed E-state index contributed by atoms with van der Waals surface area (Å²) in [6, 6.07) is 7.68. The average molecular weight is 480 g/mol. The Morgan fingerprint density at radius 2 is 1.86 bits per heavy atom. The van der Waals surface area contributed by atoms with Crippen LogP contribution in [0.25, 0.3) is 11.3 Å². The number of hydrogen-bond acceptors (Lipinski definition) is 2. The van der Waals surface area contributed by atoms with Gasteiger partial charge in [-0.2, -0.15) is 0 Å². The Labute approximate surface area is 149 Å². The van der Waals surface area contributed by atoms with Crippen LogP contribution in [0.3, 0.4) is 0 Å². The van der Waals surface area contributed by atoms with Crippen LogP contribution in [-0.4, -0.2) is 16.3 Å². The van der Waals surface area contributed by atoms with Gasteiger partial charge in [-0.05, 0) is 80.7 Å². The maximum absolute atomic E-state index is 12.4. The van der Waals surface area contributed by atoms with Crippen molar-refractivity contribution in [1.29, 1.82) is 0 Å². The highest BCUT2D eigenvalue weighted by molar-refractivity contribution is 9.13. The van der Waals surface area contributed by atoms with Crippen LogP contribution in [0.1, 0.15) is 20.8 Å². The van der Waals surface area contributed by atoms with Crippen LogP contribution in [0.2, 0.25) is 0 Å². The summed E-state index contributed by atoms with van der Waals surface area (Å²) in [6.07, 6.45) is 1.30. The van der Waals surface area contributed by atoms with Gasteiger partial charge in [0.1, 0.15) is 5.60 Å². The average Bonchev–Trinajstić information content (AvgIpc) is 2.73. The fraction of sp³-hybridized carbons (Fsp3) is 0.267. The summed E-state index contributed by atoms with van der Waals surface area (Å²) in [7, 11) is 0. The first kappa shape index (κ1) is 16.8. The zero-order valence-electron chi connectivity index (χ0n) is 11.8. The maximum atomic E-state index is 12.4. The van der Waals surface area contributed by atoms with E-state index in [9.17, 15) is 4.79 Å². The van der Waals surface area contributed by atoms with E-state index in [-0.39, 0.29) is 0 Å². The summed E-state index contributed by atoms with van der Waals surface area (Å²) < 4.78 is 9.58. The second kappa shape index (κ2) is 6.26. The molecule has 0 amide bonds. The van der Waals surface area contributed by atoms with Crippen LogP contribution in [0, 0.1) is 0 Å². The maximum Gasteiger partial charge on any atom is 0.419 e. The standard InChI is InChI=1S/C15H14Br3NO2/c1-15(2,3)21-14(20)19-8-9(16)7-12(19)10-5-4-6-11(17)13(10)18/h4-8H,1-3H3. The van der Waals surface area contributed by atoms with Gasteiger partial charge in [0.15, 0.2) is 0 Å². The van der Waals surface area contributed by atoms with Crippen LogP contribution < -0.4 is 0 Å². The van der Waals surface area contributed by atoms with E-state index in [0.29, 0.717) is 0 Å². The number of benzene rings is 1. The zero-order chi connectivity index (χ0) is 15.8. The Hall–Kier alpha value is -0.590. The van der Waals surface area contributed by atoms with Crippen LogP contribution in [-0.2, 0) is 4.74 Å². The number of carbonyl (C=O) groups excluding carboxylic acids is 1. The molecule has 112 valence electrons. The van der Waals surface area contributed by atoms with E-state index in [1.807, 2.05) is 45.0 Å². The zero-order valence-corrected chi connectivity index (χ0v) is 16.5. The molecule has 0 atom stereocenters. The summed E-state index contributed by atoms with van der Waals surface area (Å²) >= 11 is 10.4. The van der Waals surface area contributed by atoms with Gasteiger partial charge in [0.2, 0.25) is 0 Å². The fourth-order valence-corrected chi connectivity index (χ4v) is 3.06. The van der Waals surface area contributed by atoms with E-state index in [1.54, 1.807) is 6.20 Å². The molecule has 0 bridgehead atoms. The minimum absolute atomic E-state index is 0.407. The molecule has 6 heteroatoms. The van der Waals surface area contributed by atoms with Gasteiger partial charge in [-0.3, -0.25) is 4.57 Å². The largest absolute Gasteiger partial charge is 0.443 e. The van der Waals surface area contributed by atoms with E-state index in [2.05, 4.69) is 47.8 Å². The molecule has 0 aliphatic rings. The molecule has 0 aliphatic heterocycles. The van der Waals surface area contributed by atoms with Gasteiger partial charge in [-0.1, -0.05) is 12.1 Å². The van der Waals surface area contributed by atoms with E-state index in [0.717, 1.165) is 24.7 Å². The minimum Gasteiger partial charge on any atom is -0.443 e. The highest BCUT2D eigenvalue weighted by Gasteiger charge is 2.22. The van der Waals surface area contributed by atoms with Crippen LogP contribution in [0.15, 0.2) is 43.9 Å². The monoisotopic (exact) mass is 477 g/mol. The Morgan fingerprint density at radius 3 is 2.48 bits per heavy atom. The lowest BCUT2D eigenvalue weighted by Crippen LogP contribution is -2.27. The second-order valence-corrected chi connectivity index (χ2v) is 8.06. The number of hydrogen-bond donors (Lipinski definition) is 0. The first-order valence-electron chi connectivity index (χ1n) is 6.24. The SMILES string of the molecule is CC(C)(C)OC(=O)n1cc(Br)cc1-c1cccc(Br)c1Br. The minimum atomic E-state index is -0.542. The molecule has 0 unspecified atom stereocenters. The predicted molar refractivity (Wildman–Crippen MR) is 94.6 cm³/mol. The third kappa shape index (κ3) is 3.99. The van der Waals surface area contributed by atoms with Gasteiger partial charge < -0.3 is 4.74 Å². The van der Waals surface area contributed by atoms with Gasteiger partial charge in [-0.25, -0.2) is 4.79 Å². The van der Waals surface area contributed by atoms with Crippen molar-refractivity contribution < 1.29 is 9.53 Å². The Balaban J connectivity index is 2.51. The van der Waals surface area contributed by atoms with E-state index >= 15 is 0 Å². The molecule has 0 saturated heterocycles. The first-order valence-corrected chi connectivity index (χ1v) is 8.62. The Kier molecular flexibility index (Phi) is 5.00. The highest BCUT2D eigenvalue weighted by atomic mass is 79.9. The van der Waals surface area contributed by atoms with Gasteiger partial charge >= 0.3 is 6.09 Å². The molecule has 0 spiro atoms. The van der Waals surface area contributed by atoms with Crippen molar-refractivity contribution in [2.75, 3.05) is 0 Å². The fourth-order valence-electron chi connectivity index (χ4n) is 1.80. The predicted octanol–water partition coefficient (Wildman–Crippen LogP) is 6.23. The lowest BCUT2D eigenvalue weighted by Gasteiger charge is -2.20. The molecule has 21 heavy (non-hydrogen) atoms. The molecule has 3 nitrogen and oxygen atoms in total. The third-order valence-corrected chi connectivity index (χ3v) is 5.09. The Bertz CT molecular complexity index is 687. The summed E-state index contributed by atoms with van der Waals surface area (Å²) in [6.45, 7) is 5.54. The van der Waals surface area contributed by atoms with E-state index in [1.165, 1.54) is 4.57 Å². The molecule has 1 aromatic heterocycles. The quantitative estimate of drug-likeness (QED) is 0.485. The van der Waals surface area contributed by atoms with Crippen molar-refractivity contribution >= 4 is 53.9 Å². The molecular weight excluding hydrogens is 466 g/mol. The summed E-state index contributed by atoms with van der Waals surface area (Å²) in [5.41, 5.74) is 1.12. The number of rotatable bonds is 1. The smallest absolute Gasteiger partial charge is 0.419 e. The number of aromatic nitrogens is 1. The van der Waals surface area contributed by atoms with Crippen molar-refractivity contribution in [1.82, 2.24) is 4.57 Å². The molecule has 2 rings (SSSR count). The summed E-state index contributed by atoms with van der Waals surface area (Å²) in [5.74, 6) is 0. The topological polar surface area (TPSA) is 31.2 Å². The van der Waals surface area contributed by atoms with Gasteiger partial charge in [0.05, 0.1) is 5.69 Å². The molecule has 0 fully saturated rings. The normalized spacial score (nSPS) is 11.5. The Morgan fingerprint density at radius 1 is 1.19 bits per heavy atom. The van der Waals surface area contributed by atoms with Crippen LogP contribution in [0.5, 0.6) is 0 Å². The molecule has 0 saturated carbocycles. The third-order valence-electron chi connectivity index (χ3n) is 2.60. The molecule has 1 heterocycles. The highest BCUT2D eigenvalue weighted by Crippen LogP contribution is 2.36. The summed E-state index contributed by atoms with van der Waals surface area (Å²) in [4.78, 5) is 12.4. The number of ether oxygens (including phenoxy) is 1. The number of nitrogens with zero attached hydrogens (tertiary/aromatic N) is 1. The lowest BCUT2D eigenvalue weighted by molar-refractivity contribution is 0.0540. The molecule has 0 aliphatic carbocycles. The first-order chi connectivity index (χ1) is 9.69. The van der Waals surface area contributed by atoms with Gasteiger partial charge in [-0.15, -0.1) is 0 Å². The lowest BCUT2D eigenvalue weighted by atomic mass is 10.1. The van der Waals surface area contributed by atoms with Crippen molar-refractivity contribution in [2.24, 2.45) is 0 Å². The van der Waals surface area contributed by atoms with E-state index in [4.69, 9.17) is 4.74 Å². The van der Waals surface area contributed by atoms with Crippen molar-refractivity contribution in [3.05, 3.63) is 43.9 Å². The number of carbonyl (C=O) groups is 1. The molecule has 0 N–H and O–H groups in total. The van der Waals surface area contributed by atoms with E-state index < -0.39 is 11.7 Å². The van der Waals surface area contributed by atoms with Crippen molar-refractivity contribution in [3.63, 3.8) is 0 Å². The molecular formula is C15H14Br3NO2. The van der Waals surface area contributed by atoms with Gasteiger partial charge in [0, 0.05) is 25.2 Å². The molecule has 2 aromatic rings. The van der Waals surface area contributed by atoms with Crippen molar-refractivity contribution in [2.45, 2.75) is 26.4 Å².